The van der Waals surface area contributed by atoms with Gasteiger partial charge in [0.05, 0.1) is 5.70 Å². The summed E-state index contributed by atoms with van der Waals surface area (Å²) in [6, 6.07) is 6.80. The van der Waals surface area contributed by atoms with Crippen molar-refractivity contribution in [2.24, 2.45) is 15.7 Å². The Bertz CT molecular complexity index is 1020. The number of aryl methyl sites for hydroxylation is 1. The molecular weight excluding hydrogens is 454 g/mol. The van der Waals surface area contributed by atoms with E-state index in [9.17, 15) is 0 Å². The minimum atomic E-state index is -0.0151. The molecule has 3 N–H and O–H groups in total. The molecule has 0 aliphatic carbocycles. The topological polar surface area (TPSA) is 77.8 Å². The normalized spacial score (nSPS) is 13.7. The molecule has 0 amide bonds. The highest BCUT2D eigenvalue weighted by atomic mass is 15.3. The number of hydrogen-bond donors (Lipinski definition) is 2. The monoisotopic (exact) mass is 507 g/mol. The lowest BCUT2D eigenvalue weighted by molar-refractivity contribution is 0.169. The Morgan fingerprint density at radius 2 is 1.73 bits per heavy atom. The second kappa shape index (κ2) is 16.9. The van der Waals surface area contributed by atoms with Crippen LogP contribution in [0.25, 0.3) is 11.1 Å². The van der Waals surface area contributed by atoms with Crippen molar-refractivity contribution in [3.8, 4) is 0 Å². The first-order valence-corrected chi connectivity index (χ1v) is 13.5. The molecule has 1 aromatic carbocycles. The summed E-state index contributed by atoms with van der Waals surface area (Å²) in [6.07, 6.45) is 10.0. The Kier molecular flexibility index (Phi) is 15.6. The van der Waals surface area contributed by atoms with Gasteiger partial charge in [0.1, 0.15) is 5.84 Å². The third-order valence-electron chi connectivity index (χ3n) is 6.31. The highest BCUT2D eigenvalue weighted by Crippen LogP contribution is 2.31. The molecule has 0 saturated heterocycles. The fourth-order valence-electron chi connectivity index (χ4n) is 4.27. The van der Waals surface area contributed by atoms with Crippen molar-refractivity contribution in [3.63, 3.8) is 0 Å². The van der Waals surface area contributed by atoms with Gasteiger partial charge in [-0.25, -0.2) is 4.99 Å². The first kappa shape index (κ1) is 34.2. The van der Waals surface area contributed by atoms with Gasteiger partial charge in [-0.05, 0) is 116 Å². The molecule has 0 fully saturated rings. The van der Waals surface area contributed by atoms with Gasteiger partial charge in [-0.3, -0.25) is 4.99 Å². The molecule has 0 aromatic heterocycles. The second-order valence-electron chi connectivity index (χ2n) is 10.2. The SMILES string of the molecule is C/C=C(\C=NC)c1ccc(C)c(C(=C\C)/C(=C/C(C)=N)N=C(C)N(C(C)C)C(C)(C)CC)c1.CCCN. The minimum absolute atomic E-state index is 0.0151. The summed E-state index contributed by atoms with van der Waals surface area (Å²) in [4.78, 5) is 11.7. The smallest absolute Gasteiger partial charge is 0.102 e. The van der Waals surface area contributed by atoms with Gasteiger partial charge in [-0.1, -0.05) is 38.1 Å². The van der Waals surface area contributed by atoms with Crippen molar-refractivity contribution in [1.82, 2.24) is 4.90 Å². The van der Waals surface area contributed by atoms with Crippen LogP contribution < -0.4 is 5.73 Å². The number of nitrogens with one attached hydrogen (secondary N) is 1. The molecule has 1 rings (SSSR count). The Morgan fingerprint density at radius 1 is 1.14 bits per heavy atom. The fraction of sp³-hybridized carbons (Fsp3) is 0.531. The van der Waals surface area contributed by atoms with Crippen LogP contribution in [0.3, 0.4) is 0 Å². The van der Waals surface area contributed by atoms with E-state index in [4.69, 9.17) is 16.1 Å². The van der Waals surface area contributed by atoms with Crippen molar-refractivity contribution in [3.05, 3.63) is 58.8 Å². The van der Waals surface area contributed by atoms with Gasteiger partial charge >= 0.3 is 0 Å². The zero-order valence-electron chi connectivity index (χ0n) is 25.7. The van der Waals surface area contributed by atoms with E-state index >= 15 is 0 Å². The molecular formula is C32H53N5. The molecule has 206 valence electrons. The third-order valence-corrected chi connectivity index (χ3v) is 6.31. The van der Waals surface area contributed by atoms with Gasteiger partial charge in [0.15, 0.2) is 0 Å². The first-order valence-electron chi connectivity index (χ1n) is 13.5. The van der Waals surface area contributed by atoms with Crippen LogP contribution in [0.4, 0.5) is 0 Å². The van der Waals surface area contributed by atoms with Crippen LogP contribution in [-0.4, -0.2) is 47.8 Å². The first-order chi connectivity index (χ1) is 17.3. The van der Waals surface area contributed by atoms with Gasteiger partial charge in [0.2, 0.25) is 0 Å². The Morgan fingerprint density at radius 3 is 2.14 bits per heavy atom. The number of amidine groups is 1. The summed E-state index contributed by atoms with van der Waals surface area (Å²) in [5.41, 5.74) is 11.8. The lowest BCUT2D eigenvalue weighted by atomic mass is 9.93. The third kappa shape index (κ3) is 10.6. The van der Waals surface area contributed by atoms with Gasteiger partial charge in [-0.2, -0.15) is 0 Å². The molecule has 0 atom stereocenters. The minimum Gasteiger partial charge on any atom is -0.353 e. The maximum Gasteiger partial charge on any atom is 0.102 e. The van der Waals surface area contributed by atoms with E-state index in [-0.39, 0.29) is 5.54 Å². The Balaban J connectivity index is 0.00000300. The number of benzene rings is 1. The molecule has 0 aliphatic rings. The molecule has 0 heterocycles. The molecule has 0 bridgehead atoms. The number of nitrogens with zero attached hydrogens (tertiary/aromatic N) is 3. The van der Waals surface area contributed by atoms with Gasteiger partial charge < -0.3 is 16.0 Å². The van der Waals surface area contributed by atoms with E-state index in [2.05, 4.69) is 95.6 Å². The highest BCUT2D eigenvalue weighted by Gasteiger charge is 2.28. The molecule has 0 spiro atoms. The number of allylic oxidation sites excluding steroid dienone is 5. The van der Waals surface area contributed by atoms with E-state index in [0.29, 0.717) is 11.8 Å². The van der Waals surface area contributed by atoms with Gasteiger partial charge in [-0.15, -0.1) is 0 Å². The van der Waals surface area contributed by atoms with Crippen LogP contribution in [-0.2, 0) is 0 Å². The van der Waals surface area contributed by atoms with Crippen molar-refractivity contribution in [2.75, 3.05) is 13.6 Å². The molecule has 5 nitrogen and oxygen atoms in total. The number of rotatable bonds is 10. The van der Waals surface area contributed by atoms with Crippen LogP contribution in [0, 0.1) is 12.3 Å². The average Bonchev–Trinajstić information content (AvgIpc) is 2.83. The van der Waals surface area contributed by atoms with Crippen LogP contribution in [0.2, 0.25) is 0 Å². The zero-order chi connectivity index (χ0) is 28.8. The standard InChI is InChI=1S/C29H44N4.C3H9N/c1-12-24(19-31-11)25-16-15-21(6)27(18-25)26(13-2)28(17-22(7)30)32-23(8)33(20(4)5)29(9,10)14-3;1-2-3-4/h12-13,15-20,30H,14H2,1-11H3;2-4H2,1H3/b24-12+,26-13+,28-17-,30-22?,31-19?,32-23?;. The van der Waals surface area contributed by atoms with E-state index < -0.39 is 0 Å². The maximum absolute atomic E-state index is 8.19. The summed E-state index contributed by atoms with van der Waals surface area (Å²) >= 11 is 0. The van der Waals surface area contributed by atoms with Crippen molar-refractivity contribution < 1.29 is 0 Å². The van der Waals surface area contributed by atoms with Crippen LogP contribution in [0.5, 0.6) is 0 Å². The number of nitrogens with two attached hydrogens (primary N) is 1. The van der Waals surface area contributed by atoms with Crippen molar-refractivity contribution >= 4 is 28.9 Å². The molecule has 0 radical (unpaired) electrons. The van der Waals surface area contributed by atoms with Gasteiger partial charge in [0.25, 0.3) is 0 Å². The molecule has 37 heavy (non-hydrogen) atoms. The zero-order valence-corrected chi connectivity index (χ0v) is 25.7. The second-order valence-corrected chi connectivity index (χ2v) is 10.2. The summed E-state index contributed by atoms with van der Waals surface area (Å²) in [7, 11) is 1.79. The van der Waals surface area contributed by atoms with Crippen molar-refractivity contribution in [1.29, 1.82) is 5.41 Å². The van der Waals surface area contributed by atoms with Crippen LogP contribution >= 0.6 is 0 Å². The quantitative estimate of drug-likeness (QED) is 0.191. The predicted molar refractivity (Wildman–Crippen MR) is 168 cm³/mol. The maximum atomic E-state index is 8.19. The van der Waals surface area contributed by atoms with Gasteiger partial charge in [0, 0.05) is 36.1 Å². The number of hydrogen-bond acceptors (Lipinski definition) is 4. The molecule has 0 aliphatic heterocycles. The Hall–Kier alpha value is -2.79. The molecule has 0 unspecified atom stereocenters. The van der Waals surface area contributed by atoms with Crippen LogP contribution in [0.1, 0.15) is 98.8 Å². The summed E-state index contributed by atoms with van der Waals surface area (Å²) in [5.74, 6) is 0.963. The summed E-state index contributed by atoms with van der Waals surface area (Å²) in [6.45, 7) is 24.1. The van der Waals surface area contributed by atoms with Crippen LogP contribution in [0.15, 0.2) is 52.1 Å². The largest absolute Gasteiger partial charge is 0.353 e. The van der Waals surface area contributed by atoms with E-state index in [0.717, 1.165) is 53.2 Å². The number of aliphatic imine (C=N–C) groups is 2. The highest BCUT2D eigenvalue weighted by molar-refractivity contribution is 6.10. The lowest BCUT2D eigenvalue weighted by Gasteiger charge is -2.42. The average molecular weight is 508 g/mol. The van der Waals surface area contributed by atoms with E-state index in [1.165, 1.54) is 5.56 Å². The van der Waals surface area contributed by atoms with Crippen molar-refractivity contribution in [2.45, 2.75) is 101 Å². The predicted octanol–water partition coefficient (Wildman–Crippen LogP) is 8.10. The Labute approximate surface area is 227 Å². The fourth-order valence-corrected chi connectivity index (χ4v) is 4.27. The molecule has 5 heteroatoms. The summed E-state index contributed by atoms with van der Waals surface area (Å²) < 4.78 is 0. The molecule has 0 saturated carbocycles. The molecule has 1 aromatic rings. The van der Waals surface area contributed by atoms with E-state index in [1.54, 1.807) is 14.0 Å². The summed E-state index contributed by atoms with van der Waals surface area (Å²) in [5, 5.41) is 8.19. The lowest BCUT2D eigenvalue weighted by Crippen LogP contribution is -2.50. The van der Waals surface area contributed by atoms with E-state index in [1.807, 2.05) is 26.1 Å².